The third-order valence-corrected chi connectivity index (χ3v) is 4.51. The first-order valence-electron chi connectivity index (χ1n) is 7.86. The molecule has 0 radical (unpaired) electrons. The van der Waals surface area contributed by atoms with E-state index in [0.29, 0.717) is 19.1 Å². The monoisotopic (exact) mass is 302 g/mol. The minimum atomic E-state index is -0.340. The summed E-state index contributed by atoms with van der Waals surface area (Å²) in [6.45, 7) is 3.55. The van der Waals surface area contributed by atoms with Crippen LogP contribution in [0, 0.1) is 0 Å². The summed E-state index contributed by atoms with van der Waals surface area (Å²) in [6.07, 6.45) is 2.20. The van der Waals surface area contributed by atoms with Crippen LogP contribution in [0.1, 0.15) is 31.7 Å². The van der Waals surface area contributed by atoms with Crippen molar-refractivity contribution in [3.8, 4) is 0 Å². The van der Waals surface area contributed by atoms with Crippen LogP contribution in [-0.4, -0.2) is 41.4 Å². The lowest BCUT2D eigenvalue weighted by Gasteiger charge is -2.47. The van der Waals surface area contributed by atoms with Crippen molar-refractivity contribution in [2.75, 3.05) is 13.1 Å². The molecule has 3 rings (SSSR count). The number of likely N-dealkylation sites (tertiary alicyclic amines) is 1. The minimum Gasteiger partial charge on any atom is -0.461 e. The summed E-state index contributed by atoms with van der Waals surface area (Å²) in [7, 11) is 0. The van der Waals surface area contributed by atoms with Crippen LogP contribution in [-0.2, 0) is 20.9 Å². The number of benzene rings is 1. The van der Waals surface area contributed by atoms with Crippen molar-refractivity contribution < 1.29 is 14.3 Å². The summed E-state index contributed by atoms with van der Waals surface area (Å²) in [5.41, 5.74) is 0.631. The van der Waals surface area contributed by atoms with E-state index in [-0.39, 0.29) is 30.4 Å². The number of nitrogens with zero attached hydrogens (tertiary/aromatic N) is 1. The summed E-state index contributed by atoms with van der Waals surface area (Å²) in [5.74, 6) is -0.127. The fraction of sp³-hybridized carbons (Fsp3) is 0.529. The second-order valence-corrected chi connectivity index (χ2v) is 6.29. The maximum Gasteiger partial charge on any atom is 0.307 e. The van der Waals surface area contributed by atoms with Crippen LogP contribution < -0.4 is 5.32 Å². The number of hydrogen-bond acceptors (Lipinski definition) is 4. The highest BCUT2D eigenvalue weighted by Crippen LogP contribution is 2.33. The van der Waals surface area contributed by atoms with Gasteiger partial charge in [0, 0.05) is 19.1 Å². The molecule has 1 N–H and O–H groups in total. The molecule has 1 aromatic rings. The number of β-lactam (4-membered cyclic amide) rings is 1. The topological polar surface area (TPSA) is 58.6 Å². The van der Waals surface area contributed by atoms with Gasteiger partial charge < -0.3 is 9.64 Å². The first-order chi connectivity index (χ1) is 10.6. The highest BCUT2D eigenvalue weighted by atomic mass is 16.5. The minimum absolute atomic E-state index is 0.132. The zero-order valence-electron chi connectivity index (χ0n) is 12.9. The fourth-order valence-electron chi connectivity index (χ4n) is 3.27. The Morgan fingerprint density at radius 2 is 2.18 bits per heavy atom. The molecule has 5 heteroatoms. The Hall–Kier alpha value is -1.88. The number of amides is 1. The maximum atomic E-state index is 12.2. The lowest BCUT2D eigenvalue weighted by atomic mass is 9.87. The summed E-state index contributed by atoms with van der Waals surface area (Å²) < 4.78 is 5.22. The molecule has 0 aliphatic carbocycles. The quantitative estimate of drug-likeness (QED) is 0.661. The van der Waals surface area contributed by atoms with Gasteiger partial charge in [0.25, 0.3) is 0 Å². The van der Waals surface area contributed by atoms with Crippen molar-refractivity contribution in [3.63, 3.8) is 0 Å². The first kappa shape index (κ1) is 15.0. The molecule has 2 aliphatic heterocycles. The number of carbonyl (C=O) groups excluding carboxylic acids is 2. The van der Waals surface area contributed by atoms with Gasteiger partial charge in [0.05, 0.1) is 6.42 Å². The van der Waals surface area contributed by atoms with Crippen molar-refractivity contribution in [1.82, 2.24) is 10.2 Å². The van der Waals surface area contributed by atoms with Gasteiger partial charge in [-0.1, -0.05) is 30.3 Å². The summed E-state index contributed by atoms with van der Waals surface area (Å²) >= 11 is 0. The fourth-order valence-corrected chi connectivity index (χ4v) is 3.27. The van der Waals surface area contributed by atoms with Gasteiger partial charge in [-0.2, -0.15) is 0 Å². The highest BCUT2D eigenvalue weighted by molar-refractivity contribution is 5.93. The second kappa shape index (κ2) is 6.08. The molecule has 2 fully saturated rings. The van der Waals surface area contributed by atoms with Gasteiger partial charge in [-0.15, -0.1) is 0 Å². The van der Waals surface area contributed by atoms with E-state index in [1.54, 1.807) is 4.90 Å². The van der Waals surface area contributed by atoms with Crippen LogP contribution in [0.5, 0.6) is 0 Å². The number of carbonyl (C=O) groups is 2. The van der Waals surface area contributed by atoms with Crippen LogP contribution in [0.25, 0.3) is 0 Å². The molecule has 0 aromatic heterocycles. The number of ether oxygens (including phenoxy) is 1. The van der Waals surface area contributed by atoms with E-state index < -0.39 is 0 Å². The standard InChI is InChI=1S/C17H22N2O3/c1-13-7-9-17(18-13)12-19(16(17)21)10-8-15(20)22-11-14-5-3-2-4-6-14/h2-6,13,18H,7-12H2,1H3. The summed E-state index contributed by atoms with van der Waals surface area (Å²) in [4.78, 5) is 25.7. The van der Waals surface area contributed by atoms with E-state index in [0.717, 1.165) is 18.4 Å². The average molecular weight is 302 g/mol. The number of esters is 1. The van der Waals surface area contributed by atoms with E-state index in [2.05, 4.69) is 12.2 Å². The lowest BCUT2D eigenvalue weighted by Crippen LogP contribution is -2.71. The third-order valence-electron chi connectivity index (χ3n) is 4.51. The number of hydrogen-bond donors (Lipinski definition) is 1. The SMILES string of the molecule is CC1CCC2(CN(CCC(=O)OCc3ccccc3)C2=O)N1. The van der Waals surface area contributed by atoms with E-state index in [1.165, 1.54) is 0 Å². The first-order valence-corrected chi connectivity index (χ1v) is 7.86. The maximum absolute atomic E-state index is 12.2. The normalized spacial score (nSPS) is 27.0. The van der Waals surface area contributed by atoms with Crippen molar-refractivity contribution >= 4 is 11.9 Å². The van der Waals surface area contributed by atoms with Crippen LogP contribution in [0.15, 0.2) is 30.3 Å². The Bertz CT molecular complexity index is 560. The Morgan fingerprint density at radius 1 is 1.41 bits per heavy atom. The van der Waals surface area contributed by atoms with E-state index in [4.69, 9.17) is 4.74 Å². The average Bonchev–Trinajstić information content (AvgIpc) is 2.94. The van der Waals surface area contributed by atoms with Crippen LogP contribution in [0.4, 0.5) is 0 Å². The molecular formula is C17H22N2O3. The molecule has 2 atom stereocenters. The zero-order chi connectivity index (χ0) is 15.6. The van der Waals surface area contributed by atoms with Crippen LogP contribution in [0.2, 0.25) is 0 Å². The highest BCUT2D eigenvalue weighted by Gasteiger charge is 2.54. The van der Waals surface area contributed by atoms with Crippen LogP contribution in [0.3, 0.4) is 0 Å². The van der Waals surface area contributed by atoms with Crippen molar-refractivity contribution in [3.05, 3.63) is 35.9 Å². The Kier molecular flexibility index (Phi) is 4.16. The Morgan fingerprint density at radius 3 is 2.82 bits per heavy atom. The lowest BCUT2D eigenvalue weighted by molar-refractivity contribution is -0.154. The Labute approximate surface area is 130 Å². The van der Waals surface area contributed by atoms with Gasteiger partial charge in [0.2, 0.25) is 5.91 Å². The molecule has 2 aliphatic rings. The summed E-state index contributed by atoms with van der Waals surface area (Å²) in [5, 5.41) is 3.37. The summed E-state index contributed by atoms with van der Waals surface area (Å²) in [6, 6.07) is 10.00. The van der Waals surface area contributed by atoms with Gasteiger partial charge in [0.1, 0.15) is 12.1 Å². The molecule has 2 heterocycles. The van der Waals surface area contributed by atoms with E-state index >= 15 is 0 Å². The molecule has 0 saturated carbocycles. The van der Waals surface area contributed by atoms with E-state index in [9.17, 15) is 9.59 Å². The van der Waals surface area contributed by atoms with Crippen molar-refractivity contribution in [1.29, 1.82) is 0 Å². The molecule has 118 valence electrons. The third kappa shape index (κ3) is 2.99. The van der Waals surface area contributed by atoms with Gasteiger partial charge in [0.15, 0.2) is 0 Å². The molecule has 2 unspecified atom stereocenters. The largest absolute Gasteiger partial charge is 0.461 e. The molecule has 0 bridgehead atoms. The van der Waals surface area contributed by atoms with E-state index in [1.807, 2.05) is 30.3 Å². The second-order valence-electron chi connectivity index (χ2n) is 6.29. The van der Waals surface area contributed by atoms with Gasteiger partial charge in [-0.3, -0.25) is 14.9 Å². The molecular weight excluding hydrogens is 280 g/mol. The van der Waals surface area contributed by atoms with Crippen molar-refractivity contribution in [2.45, 2.75) is 44.4 Å². The molecule has 5 nitrogen and oxygen atoms in total. The number of nitrogens with one attached hydrogen (secondary N) is 1. The molecule has 1 spiro atoms. The smallest absolute Gasteiger partial charge is 0.307 e. The molecule has 1 amide bonds. The predicted molar refractivity (Wildman–Crippen MR) is 82.0 cm³/mol. The molecule has 2 saturated heterocycles. The Balaban J connectivity index is 1.39. The van der Waals surface area contributed by atoms with Crippen LogP contribution >= 0.6 is 0 Å². The van der Waals surface area contributed by atoms with Gasteiger partial charge >= 0.3 is 5.97 Å². The number of rotatable bonds is 5. The predicted octanol–water partition coefficient (Wildman–Crippen LogP) is 1.47. The van der Waals surface area contributed by atoms with Gasteiger partial charge in [-0.05, 0) is 25.3 Å². The zero-order valence-corrected chi connectivity index (χ0v) is 12.9. The molecule has 22 heavy (non-hydrogen) atoms. The van der Waals surface area contributed by atoms with Gasteiger partial charge in [-0.25, -0.2) is 0 Å². The molecule has 1 aromatic carbocycles. The van der Waals surface area contributed by atoms with Crippen molar-refractivity contribution in [2.24, 2.45) is 0 Å².